The molecule has 0 bridgehead atoms. The highest BCUT2D eigenvalue weighted by Gasteiger charge is 2.26. The molecule has 4 aromatic rings. The lowest BCUT2D eigenvalue weighted by atomic mass is 10.2. The Morgan fingerprint density at radius 3 is 2.32 bits per heavy atom. The summed E-state index contributed by atoms with van der Waals surface area (Å²) in [5, 5.41) is 12.6. The molecule has 38 heavy (non-hydrogen) atoms. The zero-order valence-corrected chi connectivity index (χ0v) is 22.0. The molecule has 1 amide bonds. The van der Waals surface area contributed by atoms with Crippen LogP contribution in [-0.4, -0.2) is 18.6 Å². The lowest BCUT2D eigenvalue weighted by Gasteiger charge is -2.21. The van der Waals surface area contributed by atoms with E-state index in [9.17, 15) is 18.5 Å². The molecule has 192 valence electrons. The number of nitrogens with one attached hydrogen (secondary N) is 1. The molecule has 0 saturated heterocycles. The van der Waals surface area contributed by atoms with Crippen LogP contribution in [0.5, 0.6) is 0 Å². The quantitative estimate of drug-likeness (QED) is 0.200. The number of hydrogen-bond acceptors (Lipinski definition) is 5. The van der Waals surface area contributed by atoms with Crippen LogP contribution in [0.1, 0.15) is 22.6 Å². The van der Waals surface area contributed by atoms with Crippen LogP contribution >= 0.6 is 11.6 Å². The van der Waals surface area contributed by atoms with Crippen LogP contribution in [0.3, 0.4) is 0 Å². The molecule has 4 rings (SSSR count). The molecule has 0 atom stereocenters. The summed E-state index contributed by atoms with van der Waals surface area (Å²) in [5.74, 6) is 0.0189. The number of benzene rings is 3. The average molecular weight is 546 g/mol. The van der Waals surface area contributed by atoms with E-state index in [0.717, 1.165) is 11.1 Å². The molecule has 0 aliphatic heterocycles. The highest BCUT2D eigenvalue weighted by molar-refractivity contribution is 7.89. The monoisotopic (exact) mass is 545 g/mol. The van der Waals surface area contributed by atoms with Gasteiger partial charge in [0.1, 0.15) is 23.2 Å². The molecule has 1 heterocycles. The van der Waals surface area contributed by atoms with Crippen LogP contribution in [-0.2, 0) is 27.9 Å². The number of sulfonamides is 1. The lowest BCUT2D eigenvalue weighted by Crippen LogP contribution is -2.30. The molecule has 1 N–H and O–H groups in total. The smallest absolute Gasteiger partial charge is 0.266 e. The molecule has 0 unspecified atom stereocenters. The molecule has 0 aliphatic carbocycles. The third-order valence-corrected chi connectivity index (χ3v) is 7.69. The average Bonchev–Trinajstić information content (AvgIpc) is 3.36. The number of furan rings is 1. The predicted octanol–water partition coefficient (Wildman–Crippen LogP) is 6.18. The second-order valence-electron chi connectivity index (χ2n) is 8.51. The summed E-state index contributed by atoms with van der Waals surface area (Å²) < 4.78 is 34.1. The van der Waals surface area contributed by atoms with Crippen molar-refractivity contribution in [3.8, 4) is 6.07 Å². The Balaban J connectivity index is 1.56. The number of hydrogen-bond donors (Lipinski definition) is 1. The van der Waals surface area contributed by atoms with Crippen LogP contribution in [0.4, 0.5) is 5.69 Å². The van der Waals surface area contributed by atoms with Gasteiger partial charge in [0.15, 0.2) is 0 Å². The number of aryl methyl sites for hydroxylation is 1. The van der Waals surface area contributed by atoms with Crippen LogP contribution < -0.4 is 5.32 Å². The summed E-state index contributed by atoms with van der Waals surface area (Å²) >= 11 is 5.95. The second kappa shape index (κ2) is 11.9. The van der Waals surface area contributed by atoms with E-state index in [1.165, 1.54) is 34.6 Å². The first kappa shape index (κ1) is 26.9. The topological polar surface area (TPSA) is 103 Å². The van der Waals surface area contributed by atoms with Crippen molar-refractivity contribution in [3.63, 3.8) is 0 Å². The minimum atomic E-state index is -3.90. The first-order chi connectivity index (χ1) is 18.2. The minimum absolute atomic E-state index is 0.0643. The Hall–Kier alpha value is -4.16. The van der Waals surface area contributed by atoms with Crippen molar-refractivity contribution in [2.24, 2.45) is 0 Å². The molecular weight excluding hydrogens is 522 g/mol. The molecular formula is C29H24ClN3O4S. The number of halogens is 1. The van der Waals surface area contributed by atoms with Gasteiger partial charge in [-0.1, -0.05) is 59.6 Å². The zero-order chi connectivity index (χ0) is 27.1. The van der Waals surface area contributed by atoms with E-state index in [2.05, 4.69) is 5.32 Å². The van der Waals surface area contributed by atoms with Gasteiger partial charge in [-0.3, -0.25) is 4.79 Å². The fourth-order valence-electron chi connectivity index (χ4n) is 3.63. The predicted molar refractivity (Wildman–Crippen MR) is 146 cm³/mol. The van der Waals surface area contributed by atoms with Crippen LogP contribution in [0, 0.1) is 18.3 Å². The maximum absolute atomic E-state index is 13.5. The Labute approximate surface area is 226 Å². The van der Waals surface area contributed by atoms with E-state index < -0.39 is 15.9 Å². The van der Waals surface area contributed by atoms with Gasteiger partial charge in [0, 0.05) is 23.3 Å². The van der Waals surface area contributed by atoms with Crippen molar-refractivity contribution < 1.29 is 17.6 Å². The molecule has 0 fully saturated rings. The number of amides is 1. The van der Waals surface area contributed by atoms with Gasteiger partial charge < -0.3 is 9.73 Å². The maximum Gasteiger partial charge on any atom is 0.266 e. The number of nitriles is 1. The van der Waals surface area contributed by atoms with Gasteiger partial charge in [0.2, 0.25) is 10.0 Å². The van der Waals surface area contributed by atoms with Gasteiger partial charge in [-0.25, -0.2) is 8.42 Å². The first-order valence-corrected chi connectivity index (χ1v) is 13.4. The van der Waals surface area contributed by atoms with Crippen molar-refractivity contribution in [3.05, 3.63) is 124 Å². The molecule has 7 nitrogen and oxygen atoms in total. The van der Waals surface area contributed by atoms with E-state index in [1.807, 2.05) is 55.5 Å². The molecule has 9 heteroatoms. The number of carbonyl (C=O) groups excluding carboxylic acids is 1. The standard InChI is InChI=1S/C29H24ClN3O4S/c1-21-7-11-25(12-8-21)32-29(34)23(18-31)17-26-13-14-27(37-26)20-33(19-22-5-3-2-4-6-22)38(35,36)28-15-9-24(30)10-16-28/h2-17H,19-20H2,1H3,(H,32,34)/b23-17-. The first-order valence-electron chi connectivity index (χ1n) is 11.6. The summed E-state index contributed by atoms with van der Waals surface area (Å²) in [6.45, 7) is 1.98. The van der Waals surface area contributed by atoms with E-state index in [4.69, 9.17) is 16.0 Å². The largest absolute Gasteiger partial charge is 0.460 e. The summed E-state index contributed by atoms with van der Waals surface area (Å²) in [4.78, 5) is 12.7. The minimum Gasteiger partial charge on any atom is -0.460 e. The van der Waals surface area contributed by atoms with Gasteiger partial charge in [0.05, 0.1) is 11.4 Å². The van der Waals surface area contributed by atoms with Gasteiger partial charge in [-0.15, -0.1) is 0 Å². The molecule has 0 spiro atoms. The van der Waals surface area contributed by atoms with E-state index in [1.54, 1.807) is 24.3 Å². The Morgan fingerprint density at radius 2 is 1.66 bits per heavy atom. The molecule has 3 aromatic carbocycles. The van der Waals surface area contributed by atoms with Crippen molar-refractivity contribution in [2.45, 2.75) is 24.9 Å². The Kier molecular flexibility index (Phi) is 8.44. The summed E-state index contributed by atoms with van der Waals surface area (Å²) in [7, 11) is -3.90. The normalized spacial score (nSPS) is 11.8. The maximum atomic E-state index is 13.5. The van der Waals surface area contributed by atoms with Crippen molar-refractivity contribution >= 4 is 39.3 Å². The summed E-state index contributed by atoms with van der Waals surface area (Å²) in [6.07, 6.45) is 1.32. The van der Waals surface area contributed by atoms with E-state index >= 15 is 0 Å². The van der Waals surface area contributed by atoms with E-state index in [0.29, 0.717) is 16.5 Å². The fourth-order valence-corrected chi connectivity index (χ4v) is 5.15. The number of carbonyl (C=O) groups is 1. The fraction of sp³-hybridized carbons (Fsp3) is 0.103. The van der Waals surface area contributed by atoms with Gasteiger partial charge in [-0.2, -0.15) is 9.57 Å². The third-order valence-electron chi connectivity index (χ3n) is 5.63. The SMILES string of the molecule is Cc1ccc(NC(=O)/C(C#N)=C\c2ccc(CN(Cc3ccccc3)S(=O)(=O)c3ccc(Cl)cc3)o2)cc1. The van der Waals surface area contributed by atoms with Crippen LogP contribution in [0.25, 0.3) is 6.08 Å². The van der Waals surface area contributed by atoms with Gasteiger partial charge in [-0.05, 0) is 61.0 Å². The molecule has 0 saturated carbocycles. The number of anilines is 1. The lowest BCUT2D eigenvalue weighted by molar-refractivity contribution is -0.112. The Bertz CT molecular complexity index is 1590. The van der Waals surface area contributed by atoms with Crippen LogP contribution in [0.2, 0.25) is 5.02 Å². The highest BCUT2D eigenvalue weighted by atomic mass is 35.5. The van der Waals surface area contributed by atoms with Gasteiger partial charge >= 0.3 is 0 Å². The highest BCUT2D eigenvalue weighted by Crippen LogP contribution is 2.24. The summed E-state index contributed by atoms with van der Waals surface area (Å²) in [5.41, 5.74) is 2.25. The van der Waals surface area contributed by atoms with Crippen molar-refractivity contribution in [1.82, 2.24) is 4.31 Å². The number of rotatable bonds is 9. The van der Waals surface area contributed by atoms with Crippen LogP contribution in [0.15, 0.2) is 106 Å². The molecule has 1 aromatic heterocycles. The second-order valence-corrected chi connectivity index (χ2v) is 10.9. The summed E-state index contributed by atoms with van der Waals surface area (Å²) in [6, 6.07) is 27.5. The molecule has 0 aliphatic rings. The molecule has 0 radical (unpaired) electrons. The Morgan fingerprint density at radius 1 is 0.974 bits per heavy atom. The van der Waals surface area contributed by atoms with E-state index in [-0.39, 0.29) is 29.3 Å². The van der Waals surface area contributed by atoms with Gasteiger partial charge in [0.25, 0.3) is 5.91 Å². The zero-order valence-electron chi connectivity index (χ0n) is 20.5. The van der Waals surface area contributed by atoms with Crippen molar-refractivity contribution in [2.75, 3.05) is 5.32 Å². The number of nitrogens with zero attached hydrogens (tertiary/aromatic N) is 2. The third kappa shape index (κ3) is 6.78. The van der Waals surface area contributed by atoms with Crippen molar-refractivity contribution in [1.29, 1.82) is 5.26 Å².